The van der Waals surface area contributed by atoms with Crippen LogP contribution < -0.4 is 10.2 Å². The number of hydrogen-bond donors (Lipinski definition) is 1. The van der Waals surface area contributed by atoms with Gasteiger partial charge in [-0.25, -0.2) is 4.39 Å². The predicted molar refractivity (Wildman–Crippen MR) is 85.4 cm³/mol. The van der Waals surface area contributed by atoms with Gasteiger partial charge in [-0.05, 0) is 25.1 Å². The molecule has 0 radical (unpaired) electrons. The van der Waals surface area contributed by atoms with Gasteiger partial charge in [-0.2, -0.15) is 0 Å². The Hall–Kier alpha value is -1.94. The minimum Gasteiger partial charge on any atom is -0.342 e. The summed E-state index contributed by atoms with van der Waals surface area (Å²) in [6, 6.07) is 9.18. The molecule has 0 saturated carbocycles. The van der Waals surface area contributed by atoms with Gasteiger partial charge in [-0.3, -0.25) is 4.98 Å². The van der Waals surface area contributed by atoms with Crippen molar-refractivity contribution in [3.63, 3.8) is 0 Å². The molecule has 1 N–H and O–H groups in total. The lowest BCUT2D eigenvalue weighted by atomic mass is 10.1. The maximum Gasteiger partial charge on any atom is 0.146 e. The average molecular weight is 287 g/mol. The van der Waals surface area contributed by atoms with Crippen LogP contribution in [0.3, 0.4) is 0 Å². The highest BCUT2D eigenvalue weighted by Gasteiger charge is 2.13. The number of aryl methyl sites for hydroxylation is 1. The van der Waals surface area contributed by atoms with Crippen molar-refractivity contribution >= 4 is 11.4 Å². The van der Waals surface area contributed by atoms with E-state index in [1.54, 1.807) is 12.1 Å². The lowest BCUT2D eigenvalue weighted by Crippen LogP contribution is -2.24. The second kappa shape index (κ2) is 6.68. The molecule has 4 heteroatoms. The van der Waals surface area contributed by atoms with Crippen LogP contribution in [0.1, 0.15) is 25.1 Å². The second-order valence-electron chi connectivity index (χ2n) is 5.50. The van der Waals surface area contributed by atoms with E-state index in [0.29, 0.717) is 18.3 Å². The molecule has 0 spiro atoms. The van der Waals surface area contributed by atoms with Gasteiger partial charge in [0.1, 0.15) is 5.82 Å². The molecule has 0 amide bonds. The lowest BCUT2D eigenvalue weighted by molar-refractivity contribution is 0.587. The molecule has 0 bridgehead atoms. The monoisotopic (exact) mass is 287 g/mol. The van der Waals surface area contributed by atoms with E-state index in [1.807, 2.05) is 37.2 Å². The number of para-hydroxylation sites is 1. The van der Waals surface area contributed by atoms with Crippen molar-refractivity contribution in [2.45, 2.75) is 33.4 Å². The first-order valence-electron chi connectivity index (χ1n) is 7.16. The van der Waals surface area contributed by atoms with Crippen LogP contribution in [-0.2, 0) is 6.54 Å². The van der Waals surface area contributed by atoms with Crippen LogP contribution in [0.4, 0.5) is 15.8 Å². The van der Waals surface area contributed by atoms with E-state index >= 15 is 0 Å². The van der Waals surface area contributed by atoms with Crippen molar-refractivity contribution < 1.29 is 4.39 Å². The van der Waals surface area contributed by atoms with Gasteiger partial charge < -0.3 is 10.2 Å². The fraction of sp³-hybridized carbons (Fsp3) is 0.353. The van der Waals surface area contributed by atoms with E-state index in [9.17, 15) is 4.39 Å². The number of hydrogen-bond acceptors (Lipinski definition) is 3. The minimum absolute atomic E-state index is 0.225. The summed E-state index contributed by atoms with van der Waals surface area (Å²) >= 11 is 0. The Balaban J connectivity index is 2.37. The molecule has 112 valence electrons. The first-order valence-corrected chi connectivity index (χ1v) is 7.16. The van der Waals surface area contributed by atoms with Crippen LogP contribution in [0.15, 0.2) is 36.5 Å². The summed E-state index contributed by atoms with van der Waals surface area (Å²) in [5.74, 6) is -0.225. The van der Waals surface area contributed by atoms with E-state index in [1.165, 1.54) is 6.07 Å². The highest BCUT2D eigenvalue weighted by Crippen LogP contribution is 2.29. The van der Waals surface area contributed by atoms with Gasteiger partial charge in [0, 0.05) is 42.8 Å². The summed E-state index contributed by atoms with van der Waals surface area (Å²) in [6.07, 6.45) is 1.86. The minimum atomic E-state index is -0.225. The Labute approximate surface area is 125 Å². The molecular formula is C17H22FN3. The van der Waals surface area contributed by atoms with Crippen molar-refractivity contribution in [1.29, 1.82) is 0 Å². The predicted octanol–water partition coefficient (Wildman–Crippen LogP) is 3.80. The van der Waals surface area contributed by atoms with Gasteiger partial charge in [-0.1, -0.05) is 26.0 Å². The van der Waals surface area contributed by atoms with E-state index in [-0.39, 0.29) is 5.82 Å². The van der Waals surface area contributed by atoms with Gasteiger partial charge in [-0.15, -0.1) is 0 Å². The fourth-order valence-electron chi connectivity index (χ4n) is 2.19. The third-order valence-electron chi connectivity index (χ3n) is 3.37. The summed E-state index contributed by atoms with van der Waals surface area (Å²) in [5.41, 5.74) is 3.51. The Morgan fingerprint density at radius 3 is 2.62 bits per heavy atom. The zero-order valence-corrected chi connectivity index (χ0v) is 13.0. The van der Waals surface area contributed by atoms with E-state index in [0.717, 1.165) is 16.9 Å². The van der Waals surface area contributed by atoms with Crippen LogP contribution in [0, 0.1) is 12.7 Å². The van der Waals surface area contributed by atoms with Gasteiger partial charge in [0.15, 0.2) is 0 Å². The van der Waals surface area contributed by atoms with Crippen molar-refractivity contribution in [3.8, 4) is 0 Å². The normalized spacial score (nSPS) is 11.0. The summed E-state index contributed by atoms with van der Waals surface area (Å²) in [4.78, 5) is 6.23. The molecule has 0 atom stereocenters. The Bertz CT molecular complexity index is 611. The zero-order valence-electron chi connectivity index (χ0n) is 13.0. The summed E-state index contributed by atoms with van der Waals surface area (Å²) in [5, 5.41) is 3.38. The first-order chi connectivity index (χ1) is 9.99. The largest absolute Gasteiger partial charge is 0.342 e. The maximum atomic E-state index is 14.0. The molecule has 0 aliphatic rings. The number of pyridine rings is 1. The first kappa shape index (κ1) is 15.4. The number of nitrogens with one attached hydrogen (secondary N) is 1. The standard InChI is InChI=1S/C17H22FN3/c1-12(2)19-10-14-11-20-13(3)9-17(14)21(4)16-8-6-5-7-15(16)18/h5-9,11-12,19H,10H2,1-4H3. The number of halogens is 1. The number of aromatic nitrogens is 1. The molecule has 1 heterocycles. The molecule has 0 unspecified atom stereocenters. The van der Waals surface area contributed by atoms with Crippen molar-refractivity contribution in [2.24, 2.45) is 0 Å². The Morgan fingerprint density at radius 1 is 1.24 bits per heavy atom. The molecule has 1 aromatic heterocycles. The Morgan fingerprint density at radius 2 is 1.95 bits per heavy atom. The molecule has 2 rings (SSSR count). The van der Waals surface area contributed by atoms with E-state index in [2.05, 4.69) is 24.1 Å². The molecule has 21 heavy (non-hydrogen) atoms. The average Bonchev–Trinajstić information content (AvgIpc) is 2.45. The van der Waals surface area contributed by atoms with Crippen molar-refractivity contribution in [3.05, 3.63) is 53.6 Å². The second-order valence-corrected chi connectivity index (χ2v) is 5.50. The van der Waals surface area contributed by atoms with Crippen molar-refractivity contribution in [2.75, 3.05) is 11.9 Å². The Kier molecular flexibility index (Phi) is 4.91. The summed E-state index contributed by atoms with van der Waals surface area (Å²) in [6.45, 7) is 6.85. The molecular weight excluding hydrogens is 265 g/mol. The van der Waals surface area contributed by atoms with Crippen LogP contribution in [0.5, 0.6) is 0 Å². The van der Waals surface area contributed by atoms with Crippen LogP contribution >= 0.6 is 0 Å². The number of rotatable bonds is 5. The maximum absolute atomic E-state index is 14.0. The number of anilines is 2. The van der Waals surface area contributed by atoms with Crippen LogP contribution in [0.25, 0.3) is 0 Å². The van der Waals surface area contributed by atoms with Gasteiger partial charge in [0.2, 0.25) is 0 Å². The van der Waals surface area contributed by atoms with E-state index < -0.39 is 0 Å². The molecule has 0 aliphatic heterocycles. The molecule has 0 saturated heterocycles. The van der Waals surface area contributed by atoms with Gasteiger partial charge in [0.05, 0.1) is 5.69 Å². The topological polar surface area (TPSA) is 28.2 Å². The quantitative estimate of drug-likeness (QED) is 0.906. The number of nitrogens with zero attached hydrogens (tertiary/aromatic N) is 2. The third-order valence-corrected chi connectivity index (χ3v) is 3.37. The molecule has 0 fully saturated rings. The smallest absolute Gasteiger partial charge is 0.146 e. The summed E-state index contributed by atoms with van der Waals surface area (Å²) < 4.78 is 14.0. The molecule has 2 aromatic rings. The molecule has 3 nitrogen and oxygen atoms in total. The van der Waals surface area contributed by atoms with Crippen LogP contribution in [-0.4, -0.2) is 18.1 Å². The number of benzene rings is 1. The van der Waals surface area contributed by atoms with Gasteiger partial charge >= 0.3 is 0 Å². The van der Waals surface area contributed by atoms with Gasteiger partial charge in [0.25, 0.3) is 0 Å². The highest BCUT2D eigenvalue weighted by molar-refractivity contribution is 5.66. The SMILES string of the molecule is Cc1cc(N(C)c2ccccc2F)c(CNC(C)C)cn1. The van der Waals surface area contributed by atoms with E-state index in [4.69, 9.17) is 0 Å². The lowest BCUT2D eigenvalue weighted by Gasteiger charge is -2.24. The molecule has 0 aliphatic carbocycles. The van der Waals surface area contributed by atoms with Crippen molar-refractivity contribution in [1.82, 2.24) is 10.3 Å². The third kappa shape index (κ3) is 3.79. The highest BCUT2D eigenvalue weighted by atomic mass is 19.1. The molecule has 1 aromatic carbocycles. The summed E-state index contributed by atoms with van der Waals surface area (Å²) in [7, 11) is 1.88. The fourth-order valence-corrected chi connectivity index (χ4v) is 2.19. The zero-order chi connectivity index (χ0) is 15.4. The van der Waals surface area contributed by atoms with Crippen LogP contribution in [0.2, 0.25) is 0 Å².